The largest absolute Gasteiger partial charge is 0.379 e. The summed E-state index contributed by atoms with van der Waals surface area (Å²) in [6.07, 6.45) is 2.87. The van der Waals surface area contributed by atoms with Gasteiger partial charge in [0.1, 0.15) is 0 Å². The highest BCUT2D eigenvalue weighted by Crippen LogP contribution is 2.18. The van der Waals surface area contributed by atoms with E-state index in [1.54, 1.807) is 0 Å². The number of ether oxygens (including phenoxy) is 1. The second-order valence-electron chi connectivity index (χ2n) is 5.96. The standard InChI is InChI=1S/C17H25NO2/c1-13(2)16(11-14-7-4-3-5-8-14)17(19)18-15-9-6-10-20-12-15/h3-5,7-8,13,15-16H,6,9-12H2,1-2H3,(H,18,19)/t15-,16-/m1/s1. The monoisotopic (exact) mass is 275 g/mol. The number of amides is 1. The molecular weight excluding hydrogens is 250 g/mol. The van der Waals surface area contributed by atoms with Crippen molar-refractivity contribution in [3.8, 4) is 0 Å². The van der Waals surface area contributed by atoms with Gasteiger partial charge in [-0.3, -0.25) is 4.79 Å². The van der Waals surface area contributed by atoms with Crippen molar-refractivity contribution >= 4 is 5.91 Å². The lowest BCUT2D eigenvalue weighted by Gasteiger charge is -2.27. The van der Waals surface area contributed by atoms with Gasteiger partial charge in [-0.25, -0.2) is 0 Å². The first-order chi connectivity index (χ1) is 9.66. The van der Waals surface area contributed by atoms with E-state index in [9.17, 15) is 4.79 Å². The van der Waals surface area contributed by atoms with Crippen molar-refractivity contribution < 1.29 is 9.53 Å². The number of rotatable bonds is 5. The molecule has 1 aliphatic heterocycles. The van der Waals surface area contributed by atoms with Gasteiger partial charge >= 0.3 is 0 Å². The van der Waals surface area contributed by atoms with Crippen LogP contribution < -0.4 is 5.32 Å². The van der Waals surface area contributed by atoms with Crippen molar-refractivity contribution in [2.45, 2.75) is 39.2 Å². The lowest BCUT2D eigenvalue weighted by molar-refractivity contribution is -0.128. The second kappa shape index (κ2) is 7.44. The van der Waals surface area contributed by atoms with Crippen molar-refractivity contribution in [2.24, 2.45) is 11.8 Å². The highest BCUT2D eigenvalue weighted by molar-refractivity contribution is 5.79. The Balaban J connectivity index is 1.95. The second-order valence-corrected chi connectivity index (χ2v) is 5.96. The molecule has 20 heavy (non-hydrogen) atoms. The van der Waals surface area contributed by atoms with Crippen LogP contribution in [0.25, 0.3) is 0 Å². The van der Waals surface area contributed by atoms with Gasteiger partial charge in [0.2, 0.25) is 5.91 Å². The Kier molecular flexibility index (Phi) is 5.60. The molecule has 2 rings (SSSR count). The van der Waals surface area contributed by atoms with E-state index in [-0.39, 0.29) is 17.9 Å². The molecule has 0 aromatic heterocycles. The summed E-state index contributed by atoms with van der Waals surface area (Å²) >= 11 is 0. The molecule has 1 amide bonds. The summed E-state index contributed by atoms with van der Waals surface area (Å²) in [5, 5.41) is 3.16. The Morgan fingerprint density at radius 2 is 2.10 bits per heavy atom. The van der Waals surface area contributed by atoms with Crippen molar-refractivity contribution in [2.75, 3.05) is 13.2 Å². The number of hydrogen-bond acceptors (Lipinski definition) is 2. The number of benzene rings is 1. The number of nitrogens with one attached hydrogen (secondary N) is 1. The van der Waals surface area contributed by atoms with Crippen molar-refractivity contribution in [3.05, 3.63) is 35.9 Å². The van der Waals surface area contributed by atoms with Gasteiger partial charge in [-0.05, 0) is 30.7 Å². The highest BCUT2D eigenvalue weighted by Gasteiger charge is 2.25. The Labute approximate surface area is 121 Å². The van der Waals surface area contributed by atoms with Gasteiger partial charge < -0.3 is 10.1 Å². The van der Waals surface area contributed by atoms with Crippen LogP contribution in [0.1, 0.15) is 32.3 Å². The molecule has 1 saturated heterocycles. The van der Waals surface area contributed by atoms with E-state index in [1.165, 1.54) is 5.56 Å². The van der Waals surface area contributed by atoms with E-state index in [0.29, 0.717) is 12.5 Å². The van der Waals surface area contributed by atoms with Crippen LogP contribution in [0.3, 0.4) is 0 Å². The molecule has 3 heteroatoms. The van der Waals surface area contributed by atoms with E-state index in [0.717, 1.165) is 25.9 Å². The predicted octanol–water partition coefficient (Wildman–Crippen LogP) is 2.80. The highest BCUT2D eigenvalue weighted by atomic mass is 16.5. The molecule has 1 fully saturated rings. The van der Waals surface area contributed by atoms with E-state index in [4.69, 9.17) is 4.74 Å². The van der Waals surface area contributed by atoms with Crippen molar-refractivity contribution in [1.29, 1.82) is 0 Å². The fourth-order valence-electron chi connectivity index (χ4n) is 2.66. The first kappa shape index (κ1) is 15.0. The summed E-state index contributed by atoms with van der Waals surface area (Å²) in [4.78, 5) is 12.5. The summed E-state index contributed by atoms with van der Waals surface area (Å²) in [7, 11) is 0. The molecule has 0 radical (unpaired) electrons. The summed E-state index contributed by atoms with van der Waals surface area (Å²) in [5.41, 5.74) is 1.22. The maximum absolute atomic E-state index is 12.5. The molecular formula is C17H25NO2. The van der Waals surface area contributed by atoms with Crippen LogP contribution in [0, 0.1) is 11.8 Å². The summed E-state index contributed by atoms with van der Waals surface area (Å²) in [6.45, 7) is 5.71. The molecule has 1 aromatic rings. The van der Waals surface area contributed by atoms with Crippen LogP contribution in [-0.4, -0.2) is 25.2 Å². The molecule has 1 aromatic carbocycles. The molecule has 1 aliphatic rings. The van der Waals surface area contributed by atoms with E-state index < -0.39 is 0 Å². The van der Waals surface area contributed by atoms with Gasteiger partial charge in [0.25, 0.3) is 0 Å². The van der Waals surface area contributed by atoms with Gasteiger partial charge in [-0.15, -0.1) is 0 Å². The third-order valence-corrected chi connectivity index (χ3v) is 3.95. The number of hydrogen-bond donors (Lipinski definition) is 1. The molecule has 1 N–H and O–H groups in total. The molecule has 0 spiro atoms. The molecule has 1 heterocycles. The minimum atomic E-state index is 0.0272. The molecule has 0 bridgehead atoms. The summed E-state index contributed by atoms with van der Waals surface area (Å²) < 4.78 is 5.43. The number of carbonyl (C=O) groups excluding carboxylic acids is 1. The minimum absolute atomic E-state index is 0.0272. The minimum Gasteiger partial charge on any atom is -0.379 e. The van der Waals surface area contributed by atoms with Crippen LogP contribution >= 0.6 is 0 Å². The van der Waals surface area contributed by atoms with Crippen LogP contribution in [0.2, 0.25) is 0 Å². The normalized spacial score (nSPS) is 20.6. The van der Waals surface area contributed by atoms with Crippen LogP contribution in [0.15, 0.2) is 30.3 Å². The lowest BCUT2D eigenvalue weighted by atomic mass is 9.88. The van der Waals surface area contributed by atoms with E-state index >= 15 is 0 Å². The van der Waals surface area contributed by atoms with Crippen LogP contribution in [-0.2, 0) is 16.0 Å². The molecule has 0 saturated carbocycles. The van der Waals surface area contributed by atoms with Crippen LogP contribution in [0.5, 0.6) is 0 Å². The fourth-order valence-corrected chi connectivity index (χ4v) is 2.66. The first-order valence-electron chi connectivity index (χ1n) is 7.59. The van der Waals surface area contributed by atoms with E-state index in [1.807, 2.05) is 18.2 Å². The molecule has 2 atom stereocenters. The average molecular weight is 275 g/mol. The Morgan fingerprint density at radius 3 is 2.70 bits per heavy atom. The zero-order valence-corrected chi connectivity index (χ0v) is 12.5. The first-order valence-corrected chi connectivity index (χ1v) is 7.59. The maximum Gasteiger partial charge on any atom is 0.223 e. The third kappa shape index (κ3) is 4.34. The lowest BCUT2D eigenvalue weighted by Crippen LogP contribution is -2.45. The van der Waals surface area contributed by atoms with Gasteiger partial charge in [0.15, 0.2) is 0 Å². The zero-order chi connectivity index (χ0) is 14.4. The van der Waals surface area contributed by atoms with E-state index in [2.05, 4.69) is 31.3 Å². The number of carbonyl (C=O) groups is 1. The Morgan fingerprint density at radius 1 is 1.35 bits per heavy atom. The summed E-state index contributed by atoms with van der Waals surface area (Å²) in [5.74, 6) is 0.526. The SMILES string of the molecule is CC(C)[C@@H](Cc1ccccc1)C(=O)N[C@@H]1CCCOC1. The molecule has 0 unspecified atom stereocenters. The van der Waals surface area contributed by atoms with Crippen LogP contribution in [0.4, 0.5) is 0 Å². The quantitative estimate of drug-likeness (QED) is 0.897. The summed E-state index contributed by atoms with van der Waals surface area (Å²) in [6, 6.07) is 10.4. The van der Waals surface area contributed by atoms with Gasteiger partial charge in [0, 0.05) is 12.5 Å². The maximum atomic E-state index is 12.5. The van der Waals surface area contributed by atoms with Crippen molar-refractivity contribution in [1.82, 2.24) is 5.32 Å². The molecule has 3 nitrogen and oxygen atoms in total. The zero-order valence-electron chi connectivity index (χ0n) is 12.5. The predicted molar refractivity (Wildman–Crippen MR) is 80.5 cm³/mol. The Hall–Kier alpha value is -1.35. The molecule has 0 aliphatic carbocycles. The Bertz CT molecular complexity index is 410. The van der Waals surface area contributed by atoms with Gasteiger partial charge in [0.05, 0.1) is 12.6 Å². The topological polar surface area (TPSA) is 38.3 Å². The van der Waals surface area contributed by atoms with Crippen molar-refractivity contribution in [3.63, 3.8) is 0 Å². The van der Waals surface area contributed by atoms with Gasteiger partial charge in [-0.2, -0.15) is 0 Å². The third-order valence-electron chi connectivity index (χ3n) is 3.95. The molecule has 110 valence electrons. The fraction of sp³-hybridized carbons (Fsp3) is 0.588. The smallest absolute Gasteiger partial charge is 0.223 e. The van der Waals surface area contributed by atoms with Gasteiger partial charge in [-0.1, -0.05) is 44.2 Å². The average Bonchev–Trinajstić information content (AvgIpc) is 2.46.